The normalized spacial score (nSPS) is 18.5. The first kappa shape index (κ1) is 15.3. The average Bonchev–Trinajstić information content (AvgIpc) is 2.84. The number of likely N-dealkylation sites (tertiary alicyclic amines) is 1. The van der Waals surface area contributed by atoms with E-state index in [1.807, 2.05) is 18.0 Å². The fourth-order valence-electron chi connectivity index (χ4n) is 2.88. The summed E-state index contributed by atoms with van der Waals surface area (Å²) in [5, 5.41) is 7.55. The molecule has 1 aliphatic heterocycles. The van der Waals surface area contributed by atoms with Gasteiger partial charge in [-0.15, -0.1) is 0 Å². The van der Waals surface area contributed by atoms with E-state index in [9.17, 15) is 4.79 Å². The van der Waals surface area contributed by atoms with Gasteiger partial charge in [-0.05, 0) is 31.4 Å². The molecule has 2 aromatic heterocycles. The fourth-order valence-corrected chi connectivity index (χ4v) is 2.88. The van der Waals surface area contributed by atoms with Crippen LogP contribution in [0.15, 0.2) is 30.7 Å². The van der Waals surface area contributed by atoms with Gasteiger partial charge in [0, 0.05) is 32.4 Å². The summed E-state index contributed by atoms with van der Waals surface area (Å²) in [6.45, 7) is 1.53. The van der Waals surface area contributed by atoms with Crippen molar-refractivity contribution < 1.29 is 4.79 Å². The average molecular weight is 314 g/mol. The predicted molar refractivity (Wildman–Crippen MR) is 89.0 cm³/mol. The van der Waals surface area contributed by atoms with E-state index in [1.165, 1.54) is 0 Å². The Morgan fingerprint density at radius 2 is 2.17 bits per heavy atom. The van der Waals surface area contributed by atoms with Crippen molar-refractivity contribution in [3.8, 4) is 0 Å². The number of nitrogen functional groups attached to an aromatic ring is 1. The Kier molecular flexibility index (Phi) is 4.45. The molecule has 0 radical (unpaired) electrons. The van der Waals surface area contributed by atoms with Gasteiger partial charge >= 0.3 is 0 Å². The summed E-state index contributed by atoms with van der Waals surface area (Å²) < 4.78 is 1.66. The van der Waals surface area contributed by atoms with E-state index in [0.717, 1.165) is 38.0 Å². The van der Waals surface area contributed by atoms with Crippen molar-refractivity contribution in [3.63, 3.8) is 0 Å². The molecule has 7 nitrogen and oxygen atoms in total. The Hall–Kier alpha value is -2.57. The van der Waals surface area contributed by atoms with Gasteiger partial charge in [-0.3, -0.25) is 9.48 Å². The van der Waals surface area contributed by atoms with Gasteiger partial charge in [0.05, 0.1) is 23.6 Å². The largest absolute Gasteiger partial charge is 0.384 e. The van der Waals surface area contributed by atoms with E-state index < -0.39 is 0 Å². The third kappa shape index (κ3) is 3.80. The van der Waals surface area contributed by atoms with Crippen LogP contribution in [-0.2, 0) is 7.05 Å². The van der Waals surface area contributed by atoms with Crippen LogP contribution in [0.4, 0.5) is 11.5 Å². The lowest BCUT2D eigenvalue weighted by Gasteiger charge is -2.20. The van der Waals surface area contributed by atoms with Gasteiger partial charge < -0.3 is 16.0 Å². The van der Waals surface area contributed by atoms with Crippen molar-refractivity contribution in [2.75, 3.05) is 24.1 Å². The summed E-state index contributed by atoms with van der Waals surface area (Å²) in [6.07, 6.45) is 8.06. The number of pyridine rings is 1. The van der Waals surface area contributed by atoms with Crippen LogP contribution < -0.4 is 11.1 Å². The van der Waals surface area contributed by atoms with E-state index in [4.69, 9.17) is 5.73 Å². The van der Waals surface area contributed by atoms with Crippen molar-refractivity contribution in [3.05, 3.63) is 36.3 Å². The van der Waals surface area contributed by atoms with Crippen LogP contribution in [0.2, 0.25) is 0 Å². The van der Waals surface area contributed by atoms with Crippen LogP contribution >= 0.6 is 0 Å². The number of hydrogen-bond acceptors (Lipinski definition) is 5. The number of nitrogens with two attached hydrogens (primary N) is 1. The highest BCUT2D eigenvalue weighted by atomic mass is 16.2. The summed E-state index contributed by atoms with van der Waals surface area (Å²) in [6, 6.07) is 4.07. The molecule has 2 aromatic rings. The highest BCUT2D eigenvalue weighted by Gasteiger charge is 2.22. The van der Waals surface area contributed by atoms with Gasteiger partial charge in [-0.2, -0.15) is 5.10 Å². The molecule has 7 heteroatoms. The Balaban J connectivity index is 1.58. The summed E-state index contributed by atoms with van der Waals surface area (Å²) in [4.78, 5) is 18.5. The molecule has 0 spiro atoms. The maximum atomic E-state index is 12.5. The first-order valence-corrected chi connectivity index (χ1v) is 7.88. The van der Waals surface area contributed by atoms with E-state index in [0.29, 0.717) is 17.4 Å². The number of amides is 1. The lowest BCUT2D eigenvalue weighted by atomic mass is 10.1. The second-order valence-corrected chi connectivity index (χ2v) is 5.94. The molecule has 0 bridgehead atoms. The molecule has 3 heterocycles. The summed E-state index contributed by atoms with van der Waals surface area (Å²) in [5.41, 5.74) is 7.23. The van der Waals surface area contributed by atoms with Crippen molar-refractivity contribution in [2.24, 2.45) is 7.05 Å². The number of carbonyl (C=O) groups excluding carboxylic acids is 1. The van der Waals surface area contributed by atoms with Crippen LogP contribution in [0.5, 0.6) is 0 Å². The standard InChI is InChI=1S/C16H22N6O/c1-21-11-12(9-19-21)16(23)22-7-2-3-13(6-8-22)20-14-4-5-15(17)18-10-14/h4-5,9-11,13,20H,2-3,6-8H2,1H3,(H2,17,18)/t13-/m1/s1. The van der Waals surface area contributed by atoms with Crippen molar-refractivity contribution in [2.45, 2.75) is 25.3 Å². The molecule has 1 fully saturated rings. The van der Waals surface area contributed by atoms with Crippen molar-refractivity contribution in [1.82, 2.24) is 19.7 Å². The maximum absolute atomic E-state index is 12.5. The fraction of sp³-hybridized carbons (Fsp3) is 0.438. The van der Waals surface area contributed by atoms with Gasteiger partial charge in [-0.25, -0.2) is 4.98 Å². The lowest BCUT2D eigenvalue weighted by molar-refractivity contribution is 0.0761. The van der Waals surface area contributed by atoms with Crippen molar-refractivity contribution in [1.29, 1.82) is 0 Å². The maximum Gasteiger partial charge on any atom is 0.257 e. The van der Waals surface area contributed by atoms with E-state index >= 15 is 0 Å². The molecular formula is C16H22N6O. The van der Waals surface area contributed by atoms with Gasteiger partial charge in [0.2, 0.25) is 0 Å². The highest BCUT2D eigenvalue weighted by Crippen LogP contribution is 2.18. The number of hydrogen-bond donors (Lipinski definition) is 2. The Labute approximate surface area is 135 Å². The van der Waals surface area contributed by atoms with Crippen LogP contribution in [0, 0.1) is 0 Å². The second-order valence-electron chi connectivity index (χ2n) is 5.94. The number of rotatable bonds is 3. The Morgan fingerprint density at radius 3 is 2.87 bits per heavy atom. The summed E-state index contributed by atoms with van der Waals surface area (Å²) in [7, 11) is 1.82. The molecule has 0 saturated carbocycles. The minimum absolute atomic E-state index is 0.0629. The SMILES string of the molecule is Cn1cc(C(=O)N2CCC[C@@H](Nc3ccc(N)nc3)CC2)cn1. The number of carbonyl (C=O) groups is 1. The second kappa shape index (κ2) is 6.68. The first-order chi connectivity index (χ1) is 11.1. The zero-order chi connectivity index (χ0) is 16.2. The number of nitrogens with one attached hydrogen (secondary N) is 1. The monoisotopic (exact) mass is 314 g/mol. The van der Waals surface area contributed by atoms with Crippen LogP contribution in [-0.4, -0.2) is 44.7 Å². The lowest BCUT2D eigenvalue weighted by Crippen LogP contribution is -2.32. The molecule has 1 amide bonds. The summed E-state index contributed by atoms with van der Waals surface area (Å²) in [5.74, 6) is 0.581. The smallest absolute Gasteiger partial charge is 0.257 e. The molecule has 3 N–H and O–H groups in total. The number of nitrogens with zero attached hydrogens (tertiary/aromatic N) is 4. The minimum Gasteiger partial charge on any atom is -0.384 e. The summed E-state index contributed by atoms with van der Waals surface area (Å²) >= 11 is 0. The molecule has 0 aromatic carbocycles. The molecular weight excluding hydrogens is 292 g/mol. The molecule has 1 aliphatic rings. The van der Waals surface area contributed by atoms with E-state index in [1.54, 1.807) is 29.3 Å². The molecule has 0 aliphatic carbocycles. The zero-order valence-corrected chi connectivity index (χ0v) is 13.3. The number of aromatic nitrogens is 3. The predicted octanol–water partition coefficient (Wildman–Crippen LogP) is 1.50. The van der Waals surface area contributed by atoms with E-state index in [2.05, 4.69) is 15.4 Å². The molecule has 1 atom stereocenters. The van der Waals surface area contributed by atoms with Gasteiger partial charge in [0.15, 0.2) is 0 Å². The Bertz CT molecular complexity index is 665. The van der Waals surface area contributed by atoms with Gasteiger partial charge in [0.25, 0.3) is 5.91 Å². The topological polar surface area (TPSA) is 89.1 Å². The third-order valence-corrected chi connectivity index (χ3v) is 4.12. The van der Waals surface area contributed by atoms with Crippen LogP contribution in [0.1, 0.15) is 29.6 Å². The molecule has 122 valence electrons. The van der Waals surface area contributed by atoms with Crippen molar-refractivity contribution >= 4 is 17.4 Å². The molecule has 0 unspecified atom stereocenters. The molecule has 1 saturated heterocycles. The van der Waals surface area contributed by atoms with Crippen LogP contribution in [0.25, 0.3) is 0 Å². The first-order valence-electron chi connectivity index (χ1n) is 7.88. The minimum atomic E-state index is 0.0629. The third-order valence-electron chi connectivity index (χ3n) is 4.12. The number of aryl methyl sites for hydroxylation is 1. The van der Waals surface area contributed by atoms with Gasteiger partial charge in [-0.1, -0.05) is 0 Å². The molecule has 3 rings (SSSR count). The van der Waals surface area contributed by atoms with Crippen LogP contribution in [0.3, 0.4) is 0 Å². The zero-order valence-electron chi connectivity index (χ0n) is 13.3. The quantitative estimate of drug-likeness (QED) is 0.896. The van der Waals surface area contributed by atoms with Gasteiger partial charge in [0.1, 0.15) is 5.82 Å². The number of anilines is 2. The highest BCUT2D eigenvalue weighted by molar-refractivity contribution is 5.93. The Morgan fingerprint density at radius 1 is 1.30 bits per heavy atom. The molecule has 23 heavy (non-hydrogen) atoms. The van der Waals surface area contributed by atoms with E-state index in [-0.39, 0.29) is 5.91 Å².